The van der Waals surface area contributed by atoms with Gasteiger partial charge in [0.25, 0.3) is 0 Å². The molecule has 0 spiro atoms. The summed E-state index contributed by atoms with van der Waals surface area (Å²) in [5.41, 5.74) is 1.74. The van der Waals surface area contributed by atoms with Gasteiger partial charge in [-0.2, -0.15) is 4.52 Å². The average Bonchev–Trinajstić information content (AvgIpc) is 3.20. The number of hydrogen-bond acceptors (Lipinski definition) is 8. The molecule has 9 heteroatoms. The third-order valence-electron chi connectivity index (χ3n) is 3.85. The molecule has 26 heavy (non-hydrogen) atoms. The first-order chi connectivity index (χ1) is 12.7. The summed E-state index contributed by atoms with van der Waals surface area (Å²) >= 11 is 1.46. The number of aryl methyl sites for hydroxylation is 1. The average molecular weight is 370 g/mol. The van der Waals surface area contributed by atoms with E-state index in [1.165, 1.54) is 11.3 Å². The largest absolute Gasteiger partial charge is 0.497 e. The Bertz CT molecular complexity index is 1070. The van der Waals surface area contributed by atoms with Crippen molar-refractivity contribution in [1.82, 2.24) is 24.8 Å². The minimum atomic E-state index is 0.256. The molecule has 0 unspecified atom stereocenters. The van der Waals surface area contributed by atoms with Gasteiger partial charge in [0.05, 0.1) is 12.6 Å². The molecule has 0 saturated carbocycles. The summed E-state index contributed by atoms with van der Waals surface area (Å²) in [5.74, 6) is 2.13. The summed E-state index contributed by atoms with van der Waals surface area (Å²) < 4.78 is 13.1. The van der Waals surface area contributed by atoms with Crippen LogP contribution in [0.3, 0.4) is 0 Å². The maximum atomic E-state index is 6.05. The van der Waals surface area contributed by atoms with E-state index < -0.39 is 0 Å². The Morgan fingerprint density at radius 2 is 2.12 bits per heavy atom. The zero-order valence-electron chi connectivity index (χ0n) is 14.7. The number of aromatic nitrogens is 5. The summed E-state index contributed by atoms with van der Waals surface area (Å²) in [6.07, 6.45) is 0. The van der Waals surface area contributed by atoms with Crippen LogP contribution in [0, 0.1) is 6.92 Å². The van der Waals surface area contributed by atoms with Gasteiger partial charge < -0.3 is 14.8 Å². The molecule has 134 valence electrons. The predicted molar refractivity (Wildman–Crippen MR) is 100 cm³/mol. The van der Waals surface area contributed by atoms with Gasteiger partial charge in [-0.3, -0.25) is 4.98 Å². The number of benzene rings is 1. The third-order valence-corrected chi connectivity index (χ3v) is 4.70. The van der Waals surface area contributed by atoms with Crippen molar-refractivity contribution >= 4 is 32.3 Å². The molecule has 0 saturated heterocycles. The molecular weight excluding hydrogens is 352 g/mol. The van der Waals surface area contributed by atoms with Gasteiger partial charge in [-0.25, -0.2) is 0 Å². The summed E-state index contributed by atoms with van der Waals surface area (Å²) in [4.78, 5) is 5.28. The molecule has 0 aliphatic carbocycles. The lowest BCUT2D eigenvalue weighted by Crippen LogP contribution is -2.04. The SMILES string of the molecule is CCNc1nn2c(COc3cc(C)nc4ccc(OC)cc34)nnc2s1. The zero-order chi connectivity index (χ0) is 18.1. The Morgan fingerprint density at radius 3 is 2.92 bits per heavy atom. The van der Waals surface area contributed by atoms with Gasteiger partial charge in [0.1, 0.15) is 18.1 Å². The van der Waals surface area contributed by atoms with Crippen LogP contribution >= 0.6 is 11.3 Å². The van der Waals surface area contributed by atoms with Gasteiger partial charge in [-0.1, -0.05) is 11.3 Å². The van der Waals surface area contributed by atoms with Crippen molar-refractivity contribution in [3.63, 3.8) is 0 Å². The van der Waals surface area contributed by atoms with E-state index in [0.29, 0.717) is 5.82 Å². The normalized spacial score (nSPS) is 11.2. The Kier molecular flexibility index (Phi) is 4.29. The number of fused-ring (bicyclic) bond motifs is 2. The molecule has 0 radical (unpaired) electrons. The maximum absolute atomic E-state index is 6.05. The highest BCUT2D eigenvalue weighted by atomic mass is 32.1. The highest BCUT2D eigenvalue weighted by Gasteiger charge is 2.13. The van der Waals surface area contributed by atoms with Crippen LogP contribution in [0.5, 0.6) is 11.5 Å². The fourth-order valence-electron chi connectivity index (χ4n) is 2.66. The van der Waals surface area contributed by atoms with Crippen molar-refractivity contribution in [2.75, 3.05) is 19.0 Å². The molecule has 3 aromatic heterocycles. The quantitative estimate of drug-likeness (QED) is 0.558. The van der Waals surface area contributed by atoms with E-state index in [2.05, 4.69) is 25.6 Å². The topological polar surface area (TPSA) is 86.5 Å². The monoisotopic (exact) mass is 370 g/mol. The minimum Gasteiger partial charge on any atom is -0.497 e. The molecule has 1 N–H and O–H groups in total. The van der Waals surface area contributed by atoms with Gasteiger partial charge in [0.2, 0.25) is 10.1 Å². The Labute approximate surface area is 153 Å². The van der Waals surface area contributed by atoms with Gasteiger partial charge in [-0.15, -0.1) is 15.3 Å². The van der Waals surface area contributed by atoms with E-state index >= 15 is 0 Å². The summed E-state index contributed by atoms with van der Waals surface area (Å²) in [5, 5.41) is 17.7. The van der Waals surface area contributed by atoms with E-state index in [-0.39, 0.29) is 6.61 Å². The van der Waals surface area contributed by atoms with Crippen molar-refractivity contribution < 1.29 is 9.47 Å². The second-order valence-corrected chi connectivity index (χ2v) is 6.64. The van der Waals surface area contributed by atoms with Crippen LogP contribution in [-0.2, 0) is 6.61 Å². The highest BCUT2D eigenvalue weighted by Crippen LogP contribution is 2.29. The van der Waals surface area contributed by atoms with Crippen molar-refractivity contribution in [1.29, 1.82) is 0 Å². The standard InChI is InChI=1S/C17H18N6O2S/c1-4-18-16-22-23-15(20-21-17(23)26-16)9-25-14-7-10(2)19-13-6-5-11(24-3)8-12(13)14/h5-8H,4,9H2,1-3H3,(H,18,22). The van der Waals surface area contributed by atoms with Crippen molar-refractivity contribution in [3.05, 3.63) is 35.8 Å². The lowest BCUT2D eigenvalue weighted by atomic mass is 10.1. The Balaban J connectivity index is 1.65. The van der Waals surface area contributed by atoms with E-state index in [9.17, 15) is 0 Å². The first-order valence-corrected chi connectivity index (χ1v) is 9.02. The number of hydrogen-bond donors (Lipinski definition) is 1. The molecule has 3 heterocycles. The zero-order valence-corrected chi connectivity index (χ0v) is 15.5. The number of nitrogens with zero attached hydrogens (tertiary/aromatic N) is 5. The molecule has 0 amide bonds. The molecule has 0 fully saturated rings. The number of methoxy groups -OCH3 is 1. The van der Waals surface area contributed by atoms with Crippen LogP contribution in [0.1, 0.15) is 18.4 Å². The lowest BCUT2D eigenvalue weighted by Gasteiger charge is -2.10. The van der Waals surface area contributed by atoms with Gasteiger partial charge >= 0.3 is 0 Å². The van der Waals surface area contributed by atoms with Gasteiger partial charge in [0.15, 0.2) is 5.82 Å². The molecule has 0 aliphatic rings. The number of rotatable bonds is 6. The van der Waals surface area contributed by atoms with Crippen LogP contribution in [0.2, 0.25) is 0 Å². The van der Waals surface area contributed by atoms with E-state index in [1.807, 2.05) is 38.1 Å². The van der Waals surface area contributed by atoms with Gasteiger partial charge in [-0.05, 0) is 32.0 Å². The molecule has 4 rings (SSSR count). The smallest absolute Gasteiger partial charge is 0.236 e. The molecule has 1 aromatic carbocycles. The molecular formula is C17H18N6O2S. The molecule has 0 aliphatic heterocycles. The van der Waals surface area contributed by atoms with Crippen LogP contribution in [-0.4, -0.2) is 38.4 Å². The van der Waals surface area contributed by atoms with Crippen LogP contribution in [0.4, 0.5) is 5.13 Å². The first kappa shape index (κ1) is 16.5. The van der Waals surface area contributed by atoms with Crippen molar-refractivity contribution in [3.8, 4) is 11.5 Å². The van der Waals surface area contributed by atoms with Crippen LogP contribution in [0.15, 0.2) is 24.3 Å². The van der Waals surface area contributed by atoms with Gasteiger partial charge in [0, 0.05) is 23.7 Å². The maximum Gasteiger partial charge on any atom is 0.236 e. The summed E-state index contributed by atoms with van der Waals surface area (Å²) in [6.45, 7) is 5.03. The predicted octanol–water partition coefficient (Wildman–Crippen LogP) is 3.06. The van der Waals surface area contributed by atoms with Crippen LogP contribution < -0.4 is 14.8 Å². The number of anilines is 1. The Hall–Kier alpha value is -2.94. The first-order valence-electron chi connectivity index (χ1n) is 8.21. The number of ether oxygens (including phenoxy) is 2. The molecule has 4 aromatic rings. The third kappa shape index (κ3) is 3.01. The summed E-state index contributed by atoms with van der Waals surface area (Å²) in [7, 11) is 1.64. The second-order valence-electron chi connectivity index (χ2n) is 5.68. The molecule has 8 nitrogen and oxygen atoms in total. The van der Waals surface area contributed by atoms with E-state index in [4.69, 9.17) is 9.47 Å². The fourth-order valence-corrected chi connectivity index (χ4v) is 3.48. The Morgan fingerprint density at radius 1 is 1.23 bits per heavy atom. The molecule has 0 bridgehead atoms. The number of pyridine rings is 1. The highest BCUT2D eigenvalue weighted by molar-refractivity contribution is 7.20. The fraction of sp³-hybridized carbons (Fsp3) is 0.294. The molecule has 0 atom stereocenters. The van der Waals surface area contributed by atoms with Crippen molar-refractivity contribution in [2.45, 2.75) is 20.5 Å². The lowest BCUT2D eigenvalue weighted by molar-refractivity contribution is 0.296. The van der Waals surface area contributed by atoms with E-state index in [1.54, 1.807) is 11.6 Å². The van der Waals surface area contributed by atoms with Crippen LogP contribution in [0.25, 0.3) is 15.9 Å². The van der Waals surface area contributed by atoms with E-state index in [0.717, 1.165) is 44.7 Å². The number of nitrogens with one attached hydrogen (secondary N) is 1. The van der Waals surface area contributed by atoms with Crippen molar-refractivity contribution in [2.24, 2.45) is 0 Å². The summed E-state index contributed by atoms with van der Waals surface area (Å²) in [6, 6.07) is 7.64. The minimum absolute atomic E-state index is 0.256. The second kappa shape index (κ2) is 6.75.